The third kappa shape index (κ3) is 4.08. The molecule has 3 nitrogen and oxygen atoms in total. The molecule has 0 amide bonds. The maximum atomic E-state index is 12.7. The van der Waals surface area contributed by atoms with Gasteiger partial charge in [-0.1, -0.05) is 36.4 Å². The molecule has 1 unspecified atom stereocenters. The van der Waals surface area contributed by atoms with E-state index in [4.69, 9.17) is 4.78 Å². The number of rotatable bonds is 4. The second-order valence-electron chi connectivity index (χ2n) is 6.23. The van der Waals surface area contributed by atoms with E-state index in [0.717, 1.165) is 23.3 Å². The minimum absolute atomic E-state index is 0.123. The topological polar surface area (TPSA) is 53.3 Å². The van der Waals surface area contributed by atoms with Crippen LogP contribution in [0.25, 0.3) is 11.1 Å². The highest BCUT2D eigenvalue weighted by Crippen LogP contribution is 2.31. The second kappa shape index (κ2) is 7.23. The van der Waals surface area contributed by atoms with Crippen LogP contribution in [-0.2, 0) is 28.1 Å². The lowest BCUT2D eigenvalue weighted by Crippen LogP contribution is -2.11. The number of aliphatic imine (C=N–C) groups is 1. The van der Waals surface area contributed by atoms with Gasteiger partial charge in [-0.05, 0) is 53.4 Å². The fraction of sp³-hybridized carbons (Fsp3) is 0.200. The Labute approximate surface area is 157 Å². The summed E-state index contributed by atoms with van der Waals surface area (Å²) < 4.78 is 46.2. The van der Waals surface area contributed by atoms with Crippen molar-refractivity contribution in [3.8, 4) is 11.1 Å². The van der Waals surface area contributed by atoms with Gasteiger partial charge in [-0.3, -0.25) is 9.57 Å². The minimum Gasteiger partial charge on any atom is -0.294 e. The molecule has 7 heteroatoms. The first-order valence-corrected chi connectivity index (χ1v) is 9.41. The number of benzene rings is 2. The summed E-state index contributed by atoms with van der Waals surface area (Å²) in [6.45, 7) is 3.19. The van der Waals surface area contributed by atoms with E-state index in [1.165, 1.54) is 19.1 Å². The Kier molecular flexibility index (Phi) is 5.15. The lowest BCUT2D eigenvalue weighted by molar-refractivity contribution is -0.137. The van der Waals surface area contributed by atoms with Gasteiger partial charge in [0.2, 0.25) is 0 Å². The molecule has 0 spiro atoms. The number of carbonyl (C=O) groups excluding carboxylic acids is 1. The summed E-state index contributed by atoms with van der Waals surface area (Å²) in [4.78, 5) is 16.5. The van der Waals surface area contributed by atoms with Crippen molar-refractivity contribution in [1.29, 1.82) is 4.78 Å². The fourth-order valence-corrected chi connectivity index (χ4v) is 4.30. The largest absolute Gasteiger partial charge is 0.416 e. The van der Waals surface area contributed by atoms with Crippen LogP contribution >= 0.6 is 0 Å². The first kappa shape index (κ1) is 19.2. The van der Waals surface area contributed by atoms with Crippen LogP contribution in [0, 0.1) is 4.78 Å². The van der Waals surface area contributed by atoms with Crippen molar-refractivity contribution >= 4 is 21.5 Å². The van der Waals surface area contributed by atoms with E-state index in [1.54, 1.807) is 6.92 Å². The Balaban J connectivity index is 1.74. The molecule has 0 aromatic heterocycles. The molecule has 1 N–H and O–H groups in total. The SMILES string of the molecule is CC(=O)C1=C(C)N=C(Cc2ccc(-c3ccc(C(F)(F)F)cc3)cc2)S1=N. The average molecular weight is 390 g/mol. The van der Waals surface area contributed by atoms with Gasteiger partial charge in [0.25, 0.3) is 0 Å². The van der Waals surface area contributed by atoms with Gasteiger partial charge in [-0.25, -0.2) is 4.99 Å². The van der Waals surface area contributed by atoms with Crippen LogP contribution in [0.15, 0.2) is 64.1 Å². The molecule has 0 saturated heterocycles. The van der Waals surface area contributed by atoms with Crippen LogP contribution in [0.2, 0.25) is 0 Å². The number of allylic oxidation sites excluding steroid dienone is 2. The monoisotopic (exact) mass is 390 g/mol. The molecule has 1 aliphatic rings. The third-order valence-electron chi connectivity index (χ3n) is 4.24. The molecular weight excluding hydrogens is 373 g/mol. The van der Waals surface area contributed by atoms with E-state index in [-0.39, 0.29) is 5.78 Å². The maximum absolute atomic E-state index is 12.7. The van der Waals surface area contributed by atoms with Crippen LogP contribution in [0.4, 0.5) is 13.2 Å². The minimum atomic E-state index is -4.34. The predicted molar refractivity (Wildman–Crippen MR) is 101 cm³/mol. The quantitative estimate of drug-likeness (QED) is 0.733. The summed E-state index contributed by atoms with van der Waals surface area (Å²) in [5, 5.41) is 0.653. The molecule has 0 saturated carbocycles. The Morgan fingerprint density at radius 3 is 2.00 bits per heavy atom. The molecule has 140 valence electrons. The summed E-state index contributed by atoms with van der Waals surface area (Å²) in [6, 6.07) is 12.4. The van der Waals surface area contributed by atoms with Crippen molar-refractivity contribution in [2.24, 2.45) is 4.99 Å². The highest BCUT2D eigenvalue weighted by molar-refractivity contribution is 8.06. The summed E-state index contributed by atoms with van der Waals surface area (Å²) in [5.74, 6) is -0.123. The zero-order valence-electron chi connectivity index (χ0n) is 14.7. The Bertz CT molecular complexity index is 972. The Morgan fingerprint density at radius 1 is 1.04 bits per heavy atom. The molecule has 0 aliphatic carbocycles. The van der Waals surface area contributed by atoms with E-state index in [2.05, 4.69) is 4.99 Å². The summed E-state index contributed by atoms with van der Waals surface area (Å²) in [6.07, 6.45) is -3.88. The number of hydrogen-bond acceptors (Lipinski definition) is 3. The van der Waals surface area contributed by atoms with Crippen molar-refractivity contribution in [2.75, 3.05) is 0 Å². The number of carbonyl (C=O) groups is 1. The number of nitrogens with zero attached hydrogens (tertiary/aromatic N) is 1. The molecule has 1 atom stereocenters. The number of nitrogens with one attached hydrogen (secondary N) is 1. The van der Waals surface area contributed by atoms with Crippen LogP contribution in [-0.4, -0.2) is 10.8 Å². The van der Waals surface area contributed by atoms with Gasteiger partial charge in [0.05, 0.1) is 21.2 Å². The molecule has 2 aromatic carbocycles. The van der Waals surface area contributed by atoms with E-state index in [9.17, 15) is 18.0 Å². The lowest BCUT2D eigenvalue weighted by atomic mass is 10.0. The van der Waals surface area contributed by atoms with Crippen molar-refractivity contribution < 1.29 is 18.0 Å². The first-order chi connectivity index (χ1) is 12.7. The summed E-state index contributed by atoms with van der Waals surface area (Å²) in [5.41, 5.74) is 2.38. The van der Waals surface area contributed by atoms with E-state index in [1.807, 2.05) is 24.3 Å². The van der Waals surface area contributed by atoms with Gasteiger partial charge in [-0.2, -0.15) is 13.2 Å². The molecule has 0 radical (unpaired) electrons. The highest BCUT2D eigenvalue weighted by atomic mass is 32.2. The molecule has 27 heavy (non-hydrogen) atoms. The van der Waals surface area contributed by atoms with Gasteiger partial charge in [0.15, 0.2) is 5.78 Å². The van der Waals surface area contributed by atoms with Gasteiger partial charge in [0, 0.05) is 6.42 Å². The van der Waals surface area contributed by atoms with Gasteiger partial charge in [0.1, 0.15) is 0 Å². The maximum Gasteiger partial charge on any atom is 0.416 e. The zero-order chi connectivity index (χ0) is 19.8. The molecule has 3 rings (SSSR count). The van der Waals surface area contributed by atoms with Crippen LogP contribution in [0.5, 0.6) is 0 Å². The summed E-state index contributed by atoms with van der Waals surface area (Å²) in [7, 11) is -1.04. The second-order valence-corrected chi connectivity index (χ2v) is 7.72. The Hall–Kier alpha value is -2.54. The number of hydrogen-bond donors (Lipinski definition) is 1. The van der Waals surface area contributed by atoms with Crippen molar-refractivity contribution in [1.82, 2.24) is 0 Å². The van der Waals surface area contributed by atoms with E-state index in [0.29, 0.717) is 27.6 Å². The number of halogens is 3. The fourth-order valence-electron chi connectivity index (χ4n) is 2.90. The average Bonchev–Trinajstić information content (AvgIpc) is 2.88. The third-order valence-corrected chi connectivity index (χ3v) is 5.93. The molecule has 0 bridgehead atoms. The smallest absolute Gasteiger partial charge is 0.294 e. The van der Waals surface area contributed by atoms with E-state index >= 15 is 0 Å². The molecule has 1 aliphatic heterocycles. The molecule has 1 heterocycles. The van der Waals surface area contributed by atoms with Gasteiger partial charge in [-0.15, -0.1) is 0 Å². The highest BCUT2D eigenvalue weighted by Gasteiger charge is 2.30. The molecule has 0 fully saturated rings. The number of alkyl halides is 3. The van der Waals surface area contributed by atoms with Crippen molar-refractivity contribution in [3.05, 3.63) is 70.3 Å². The Morgan fingerprint density at radius 2 is 1.56 bits per heavy atom. The summed E-state index contributed by atoms with van der Waals surface area (Å²) >= 11 is 0. The lowest BCUT2D eigenvalue weighted by Gasteiger charge is -2.09. The predicted octanol–water partition coefficient (Wildman–Crippen LogP) is 5.53. The first-order valence-electron chi connectivity index (χ1n) is 8.18. The zero-order valence-corrected chi connectivity index (χ0v) is 15.5. The molecular formula is C20H17F3N2OS. The van der Waals surface area contributed by atoms with E-state index < -0.39 is 22.4 Å². The van der Waals surface area contributed by atoms with Gasteiger partial charge >= 0.3 is 6.18 Å². The van der Waals surface area contributed by atoms with Crippen molar-refractivity contribution in [2.45, 2.75) is 26.4 Å². The number of Topliss-reactive ketones (excluding diaryl/α,β-unsaturated/α-hetero) is 1. The normalized spacial score (nSPS) is 17.2. The standard InChI is InChI=1S/C20H17F3N2OS/c1-12-19(13(2)26)27(24)18(25-12)11-14-3-5-15(6-4-14)16-7-9-17(10-8-16)20(21,22)23/h3-10,24H,11H2,1-2H3. The number of ketones is 1. The van der Waals surface area contributed by atoms with Crippen LogP contribution in [0.3, 0.4) is 0 Å². The van der Waals surface area contributed by atoms with Gasteiger partial charge < -0.3 is 0 Å². The molecule has 2 aromatic rings. The van der Waals surface area contributed by atoms with Crippen LogP contribution < -0.4 is 0 Å². The van der Waals surface area contributed by atoms with Crippen molar-refractivity contribution in [3.63, 3.8) is 0 Å². The van der Waals surface area contributed by atoms with Crippen LogP contribution in [0.1, 0.15) is 25.0 Å².